The molecule has 0 aliphatic rings. The first-order valence-corrected chi connectivity index (χ1v) is 14.0. The standard InChI is InChI=1S/C33H31O2P/c1-22-23(2)25(4)33(36(34,27-15-8-6-9-16-27)28-17-10-7-11-18-28)31(24(22)3)32-29-19-13-12-14-26(29)20-21-30(32)35-5/h6-21H,1-5H3. The zero-order valence-electron chi connectivity index (χ0n) is 21.5. The van der Waals surface area contributed by atoms with E-state index in [2.05, 4.69) is 58.0 Å². The Hall–Kier alpha value is -3.61. The van der Waals surface area contributed by atoms with Crippen LogP contribution in [-0.4, -0.2) is 7.11 Å². The second-order valence-electron chi connectivity index (χ2n) is 9.37. The van der Waals surface area contributed by atoms with E-state index in [0.29, 0.717) is 0 Å². The minimum atomic E-state index is -3.25. The first kappa shape index (κ1) is 24.1. The largest absolute Gasteiger partial charge is 0.496 e. The van der Waals surface area contributed by atoms with Crippen LogP contribution in [0.4, 0.5) is 0 Å². The van der Waals surface area contributed by atoms with Crippen molar-refractivity contribution in [3.63, 3.8) is 0 Å². The van der Waals surface area contributed by atoms with E-state index in [-0.39, 0.29) is 0 Å². The molecule has 0 amide bonds. The van der Waals surface area contributed by atoms with Gasteiger partial charge in [0.2, 0.25) is 0 Å². The minimum absolute atomic E-state index is 0.786. The molecule has 5 aromatic carbocycles. The molecule has 0 unspecified atom stereocenters. The molecule has 0 fully saturated rings. The molecule has 5 aromatic rings. The van der Waals surface area contributed by atoms with Gasteiger partial charge in [0.25, 0.3) is 0 Å². The van der Waals surface area contributed by atoms with E-state index in [0.717, 1.165) is 54.7 Å². The van der Waals surface area contributed by atoms with E-state index in [1.165, 1.54) is 11.1 Å². The number of fused-ring (bicyclic) bond motifs is 1. The lowest BCUT2D eigenvalue weighted by Crippen LogP contribution is -2.29. The predicted molar refractivity (Wildman–Crippen MR) is 154 cm³/mol. The Morgan fingerprint density at radius 2 is 1.08 bits per heavy atom. The molecule has 0 radical (unpaired) electrons. The van der Waals surface area contributed by atoms with Crippen molar-refractivity contribution in [1.29, 1.82) is 0 Å². The Kier molecular flexibility index (Phi) is 6.33. The van der Waals surface area contributed by atoms with Gasteiger partial charge < -0.3 is 9.30 Å². The van der Waals surface area contributed by atoms with E-state index in [1.54, 1.807) is 7.11 Å². The van der Waals surface area contributed by atoms with Crippen LogP contribution in [0.2, 0.25) is 0 Å². The van der Waals surface area contributed by atoms with Gasteiger partial charge in [-0.05, 0) is 66.8 Å². The molecule has 0 aliphatic carbocycles. The Morgan fingerprint density at radius 3 is 1.67 bits per heavy atom. The highest BCUT2D eigenvalue weighted by Gasteiger charge is 2.36. The molecular formula is C33H31O2P. The molecule has 0 saturated heterocycles. The molecule has 0 bridgehead atoms. The van der Waals surface area contributed by atoms with Gasteiger partial charge in [0.1, 0.15) is 5.75 Å². The van der Waals surface area contributed by atoms with Gasteiger partial charge in [0.05, 0.1) is 7.11 Å². The van der Waals surface area contributed by atoms with Crippen LogP contribution in [-0.2, 0) is 4.57 Å². The van der Waals surface area contributed by atoms with Gasteiger partial charge in [-0.1, -0.05) is 91.0 Å². The minimum Gasteiger partial charge on any atom is -0.496 e. The van der Waals surface area contributed by atoms with Crippen LogP contribution < -0.4 is 20.7 Å². The van der Waals surface area contributed by atoms with Crippen LogP contribution in [0.25, 0.3) is 21.9 Å². The van der Waals surface area contributed by atoms with E-state index in [4.69, 9.17) is 4.74 Å². The van der Waals surface area contributed by atoms with Gasteiger partial charge in [-0.2, -0.15) is 0 Å². The van der Waals surface area contributed by atoms with Gasteiger partial charge in [-0.25, -0.2) is 0 Å². The molecule has 0 spiro atoms. The lowest BCUT2D eigenvalue weighted by atomic mass is 9.88. The summed E-state index contributed by atoms with van der Waals surface area (Å²) in [5.74, 6) is 0.786. The molecule has 5 rings (SSSR count). The van der Waals surface area contributed by atoms with Gasteiger partial charge >= 0.3 is 0 Å². The fraction of sp³-hybridized carbons (Fsp3) is 0.152. The monoisotopic (exact) mass is 490 g/mol. The van der Waals surface area contributed by atoms with E-state index < -0.39 is 7.14 Å². The van der Waals surface area contributed by atoms with Crippen molar-refractivity contribution >= 4 is 33.8 Å². The fourth-order valence-corrected chi connectivity index (χ4v) is 8.59. The Morgan fingerprint density at radius 1 is 0.556 bits per heavy atom. The summed E-state index contributed by atoms with van der Waals surface area (Å²) in [5, 5.41) is 4.79. The zero-order valence-corrected chi connectivity index (χ0v) is 22.4. The van der Waals surface area contributed by atoms with Crippen molar-refractivity contribution in [1.82, 2.24) is 0 Å². The van der Waals surface area contributed by atoms with E-state index >= 15 is 4.57 Å². The highest BCUT2D eigenvalue weighted by molar-refractivity contribution is 7.85. The van der Waals surface area contributed by atoms with Crippen molar-refractivity contribution in [2.45, 2.75) is 27.7 Å². The summed E-state index contributed by atoms with van der Waals surface area (Å²) in [6.45, 7) is 8.59. The average molecular weight is 491 g/mol. The maximum Gasteiger partial charge on any atom is 0.171 e. The van der Waals surface area contributed by atoms with Crippen LogP contribution in [0.3, 0.4) is 0 Å². The topological polar surface area (TPSA) is 26.3 Å². The molecule has 3 heteroatoms. The number of methoxy groups -OCH3 is 1. The van der Waals surface area contributed by atoms with Crippen molar-refractivity contribution in [2.75, 3.05) is 7.11 Å². The van der Waals surface area contributed by atoms with E-state index in [1.807, 2.05) is 66.7 Å². The maximum absolute atomic E-state index is 15.7. The Bertz CT molecular complexity index is 1580. The average Bonchev–Trinajstić information content (AvgIpc) is 2.93. The van der Waals surface area contributed by atoms with Crippen molar-refractivity contribution < 1.29 is 9.30 Å². The molecule has 36 heavy (non-hydrogen) atoms. The van der Waals surface area contributed by atoms with Crippen molar-refractivity contribution in [2.24, 2.45) is 0 Å². The molecule has 0 aliphatic heterocycles. The smallest absolute Gasteiger partial charge is 0.171 e. The van der Waals surface area contributed by atoms with Crippen LogP contribution in [0, 0.1) is 27.7 Å². The summed E-state index contributed by atoms with van der Waals surface area (Å²) in [7, 11) is -1.54. The SMILES string of the molecule is COc1ccc2ccccc2c1-c1c(C)c(C)c(C)c(C)c1P(=O)(c1ccccc1)c1ccccc1. The number of rotatable bonds is 5. The molecule has 0 aromatic heterocycles. The maximum atomic E-state index is 15.7. The van der Waals surface area contributed by atoms with Gasteiger partial charge in [-0.15, -0.1) is 0 Å². The molecule has 0 saturated carbocycles. The summed E-state index contributed by atoms with van der Waals surface area (Å²) in [5.41, 5.74) is 6.61. The Labute approximate surface area is 214 Å². The fourth-order valence-electron chi connectivity index (χ4n) is 5.35. The predicted octanol–water partition coefficient (Wildman–Crippen LogP) is 7.39. The summed E-state index contributed by atoms with van der Waals surface area (Å²) in [6.07, 6.45) is 0. The quantitative estimate of drug-likeness (QED) is 0.240. The lowest BCUT2D eigenvalue weighted by molar-refractivity contribution is 0.417. The van der Waals surface area contributed by atoms with Crippen molar-refractivity contribution in [3.8, 4) is 16.9 Å². The summed E-state index contributed by atoms with van der Waals surface area (Å²) in [6, 6.07) is 32.4. The second-order valence-corrected chi connectivity index (χ2v) is 12.1. The normalized spacial score (nSPS) is 11.6. The van der Waals surface area contributed by atoms with Gasteiger partial charge in [0.15, 0.2) is 7.14 Å². The molecular weight excluding hydrogens is 459 g/mol. The van der Waals surface area contributed by atoms with Crippen LogP contribution >= 0.6 is 7.14 Å². The highest BCUT2D eigenvalue weighted by Crippen LogP contribution is 2.50. The second kappa shape index (κ2) is 9.45. The highest BCUT2D eigenvalue weighted by atomic mass is 31.2. The third-order valence-corrected chi connectivity index (χ3v) is 10.8. The summed E-state index contributed by atoms with van der Waals surface area (Å²) in [4.78, 5) is 0. The number of ether oxygens (including phenoxy) is 1. The number of hydrogen-bond donors (Lipinski definition) is 0. The third-order valence-electron chi connectivity index (χ3n) is 7.57. The van der Waals surface area contributed by atoms with Crippen LogP contribution in [0.15, 0.2) is 97.1 Å². The Balaban J connectivity index is 2.04. The van der Waals surface area contributed by atoms with Crippen LogP contribution in [0.1, 0.15) is 22.3 Å². The number of benzene rings is 5. The molecule has 0 atom stereocenters. The molecule has 0 heterocycles. The van der Waals surface area contributed by atoms with Crippen molar-refractivity contribution in [3.05, 3.63) is 119 Å². The van der Waals surface area contributed by atoms with Gasteiger partial charge in [0, 0.05) is 27.0 Å². The van der Waals surface area contributed by atoms with Gasteiger partial charge in [-0.3, -0.25) is 0 Å². The lowest BCUT2D eigenvalue weighted by Gasteiger charge is -2.29. The molecule has 2 nitrogen and oxygen atoms in total. The zero-order chi connectivity index (χ0) is 25.4. The van der Waals surface area contributed by atoms with E-state index in [9.17, 15) is 0 Å². The summed E-state index contributed by atoms with van der Waals surface area (Å²) < 4.78 is 21.7. The molecule has 180 valence electrons. The number of hydrogen-bond acceptors (Lipinski definition) is 2. The first-order valence-electron chi connectivity index (χ1n) is 12.3. The summed E-state index contributed by atoms with van der Waals surface area (Å²) >= 11 is 0. The third kappa shape index (κ3) is 3.69. The first-order chi connectivity index (χ1) is 17.4. The van der Waals surface area contributed by atoms with Crippen LogP contribution in [0.5, 0.6) is 5.75 Å². The molecule has 0 N–H and O–H groups in total.